The lowest BCUT2D eigenvalue weighted by Crippen LogP contribution is -2.51. The summed E-state index contributed by atoms with van der Waals surface area (Å²) >= 11 is 0. The van der Waals surface area contributed by atoms with Crippen LogP contribution in [0.1, 0.15) is 63.4 Å². The normalized spacial score (nSPS) is 21.5. The van der Waals surface area contributed by atoms with Gasteiger partial charge in [-0.1, -0.05) is 50.3 Å². The Morgan fingerprint density at radius 2 is 1.73 bits per heavy atom. The van der Waals surface area contributed by atoms with Gasteiger partial charge in [-0.2, -0.15) is 0 Å². The van der Waals surface area contributed by atoms with Gasteiger partial charge in [0.25, 0.3) is 0 Å². The Hall–Kier alpha value is -1.58. The van der Waals surface area contributed by atoms with Gasteiger partial charge in [0.1, 0.15) is 5.82 Å². The van der Waals surface area contributed by atoms with Crippen LogP contribution in [0.2, 0.25) is 0 Å². The van der Waals surface area contributed by atoms with Crippen LogP contribution in [0.5, 0.6) is 0 Å². The Morgan fingerprint density at radius 1 is 1.05 bits per heavy atom. The third-order valence-electron chi connectivity index (χ3n) is 5.14. The van der Waals surface area contributed by atoms with E-state index >= 15 is 0 Å². The SMILES string of the molecule is O=C(NC1CCCCC1)NC1(c2ccccc2F)CCCC1. The summed E-state index contributed by atoms with van der Waals surface area (Å²) < 4.78 is 14.2. The van der Waals surface area contributed by atoms with Crippen LogP contribution in [0.25, 0.3) is 0 Å². The number of urea groups is 1. The van der Waals surface area contributed by atoms with Crippen molar-refractivity contribution < 1.29 is 9.18 Å². The second-order valence-electron chi connectivity index (χ2n) is 6.70. The summed E-state index contributed by atoms with van der Waals surface area (Å²) in [6.07, 6.45) is 9.42. The maximum Gasteiger partial charge on any atom is 0.315 e. The molecule has 2 saturated carbocycles. The van der Waals surface area contributed by atoms with Crippen LogP contribution in [0.4, 0.5) is 9.18 Å². The maximum absolute atomic E-state index is 14.2. The van der Waals surface area contributed by atoms with E-state index in [9.17, 15) is 9.18 Å². The molecule has 0 spiro atoms. The highest BCUT2D eigenvalue weighted by atomic mass is 19.1. The number of rotatable bonds is 3. The monoisotopic (exact) mass is 304 g/mol. The summed E-state index contributed by atoms with van der Waals surface area (Å²) in [6, 6.07) is 6.96. The van der Waals surface area contributed by atoms with Crippen LogP contribution < -0.4 is 10.6 Å². The lowest BCUT2D eigenvalue weighted by atomic mass is 9.87. The van der Waals surface area contributed by atoms with Crippen molar-refractivity contribution in [3.63, 3.8) is 0 Å². The minimum Gasteiger partial charge on any atom is -0.335 e. The number of benzene rings is 1. The van der Waals surface area contributed by atoms with Gasteiger partial charge in [-0.15, -0.1) is 0 Å². The molecule has 1 aromatic rings. The van der Waals surface area contributed by atoms with Crippen molar-refractivity contribution in [2.45, 2.75) is 69.4 Å². The predicted molar refractivity (Wildman–Crippen MR) is 85.1 cm³/mol. The largest absolute Gasteiger partial charge is 0.335 e. The van der Waals surface area contributed by atoms with Gasteiger partial charge < -0.3 is 10.6 Å². The van der Waals surface area contributed by atoms with E-state index < -0.39 is 5.54 Å². The molecule has 2 aliphatic carbocycles. The smallest absolute Gasteiger partial charge is 0.315 e. The molecular formula is C18H25FN2O. The number of carbonyl (C=O) groups is 1. The van der Waals surface area contributed by atoms with Crippen LogP contribution in [0.3, 0.4) is 0 Å². The molecule has 22 heavy (non-hydrogen) atoms. The molecule has 0 atom stereocenters. The first-order valence-corrected chi connectivity index (χ1v) is 8.53. The summed E-state index contributed by atoms with van der Waals surface area (Å²) in [6.45, 7) is 0. The van der Waals surface area contributed by atoms with E-state index in [0.717, 1.165) is 38.5 Å². The predicted octanol–water partition coefficient (Wildman–Crippen LogP) is 4.23. The highest BCUT2D eigenvalue weighted by Gasteiger charge is 2.39. The molecule has 120 valence electrons. The number of hydrogen-bond acceptors (Lipinski definition) is 1. The third kappa shape index (κ3) is 3.26. The van der Waals surface area contributed by atoms with Crippen molar-refractivity contribution in [2.75, 3.05) is 0 Å². The quantitative estimate of drug-likeness (QED) is 0.862. The van der Waals surface area contributed by atoms with Crippen molar-refractivity contribution in [1.82, 2.24) is 10.6 Å². The summed E-state index contributed by atoms with van der Waals surface area (Å²) in [4.78, 5) is 12.4. The Balaban J connectivity index is 1.71. The van der Waals surface area contributed by atoms with E-state index in [1.807, 2.05) is 12.1 Å². The standard InChI is InChI=1S/C18H25FN2O/c19-16-11-5-4-10-15(16)18(12-6-7-13-18)21-17(22)20-14-8-2-1-3-9-14/h4-5,10-11,14H,1-3,6-9,12-13H2,(H2,20,21,22). The summed E-state index contributed by atoms with van der Waals surface area (Å²) in [7, 11) is 0. The molecule has 2 fully saturated rings. The van der Waals surface area contributed by atoms with Crippen LogP contribution in [0.15, 0.2) is 24.3 Å². The van der Waals surface area contributed by atoms with Crippen molar-refractivity contribution in [2.24, 2.45) is 0 Å². The van der Waals surface area contributed by atoms with Crippen LogP contribution >= 0.6 is 0 Å². The van der Waals surface area contributed by atoms with Gasteiger partial charge in [-0.3, -0.25) is 0 Å². The summed E-state index contributed by atoms with van der Waals surface area (Å²) in [5.41, 5.74) is 0.0932. The van der Waals surface area contributed by atoms with E-state index in [1.54, 1.807) is 6.07 Å². The van der Waals surface area contributed by atoms with E-state index in [1.165, 1.54) is 25.3 Å². The molecule has 0 heterocycles. The summed E-state index contributed by atoms with van der Waals surface area (Å²) in [5, 5.41) is 6.19. The first kappa shape index (κ1) is 15.3. The molecule has 1 aromatic carbocycles. The van der Waals surface area contributed by atoms with Crippen LogP contribution in [-0.4, -0.2) is 12.1 Å². The molecule has 0 unspecified atom stereocenters. The van der Waals surface area contributed by atoms with Crippen molar-refractivity contribution in [3.05, 3.63) is 35.6 Å². The minimum absolute atomic E-state index is 0.142. The van der Waals surface area contributed by atoms with Gasteiger partial charge in [-0.05, 0) is 31.7 Å². The number of hydrogen-bond donors (Lipinski definition) is 2. The zero-order valence-electron chi connectivity index (χ0n) is 13.0. The Labute approximate surface area is 131 Å². The minimum atomic E-state index is -0.538. The van der Waals surface area contributed by atoms with E-state index in [-0.39, 0.29) is 17.9 Å². The zero-order valence-corrected chi connectivity index (χ0v) is 13.0. The fraction of sp³-hybridized carbons (Fsp3) is 0.611. The number of carbonyl (C=O) groups excluding carboxylic acids is 1. The lowest BCUT2D eigenvalue weighted by Gasteiger charge is -2.33. The van der Waals surface area contributed by atoms with E-state index in [0.29, 0.717) is 5.56 Å². The third-order valence-corrected chi connectivity index (χ3v) is 5.14. The molecule has 2 aliphatic rings. The second kappa shape index (κ2) is 6.67. The molecule has 2 amide bonds. The van der Waals surface area contributed by atoms with Crippen molar-refractivity contribution >= 4 is 6.03 Å². The number of amides is 2. The highest BCUT2D eigenvalue weighted by Crippen LogP contribution is 2.39. The van der Waals surface area contributed by atoms with Crippen LogP contribution in [0, 0.1) is 5.82 Å². The molecule has 0 aliphatic heterocycles. The Kier molecular flexibility index (Phi) is 4.65. The number of halogens is 1. The fourth-order valence-corrected chi connectivity index (χ4v) is 3.98. The van der Waals surface area contributed by atoms with Gasteiger partial charge in [0.2, 0.25) is 0 Å². The molecule has 0 bridgehead atoms. The molecule has 0 aromatic heterocycles. The molecule has 2 N–H and O–H groups in total. The maximum atomic E-state index is 14.2. The van der Waals surface area contributed by atoms with Crippen molar-refractivity contribution in [1.29, 1.82) is 0 Å². The first-order chi connectivity index (χ1) is 10.7. The molecule has 4 heteroatoms. The Bertz CT molecular complexity index is 520. The average molecular weight is 304 g/mol. The molecular weight excluding hydrogens is 279 g/mol. The van der Waals surface area contributed by atoms with E-state index in [4.69, 9.17) is 0 Å². The molecule has 3 rings (SSSR count). The van der Waals surface area contributed by atoms with Crippen molar-refractivity contribution in [3.8, 4) is 0 Å². The van der Waals surface area contributed by atoms with Gasteiger partial charge in [0.05, 0.1) is 5.54 Å². The van der Waals surface area contributed by atoms with Gasteiger partial charge in [0, 0.05) is 11.6 Å². The summed E-state index contributed by atoms with van der Waals surface area (Å²) in [5.74, 6) is -0.220. The molecule has 3 nitrogen and oxygen atoms in total. The average Bonchev–Trinajstić information content (AvgIpc) is 2.98. The zero-order chi connectivity index (χ0) is 15.4. The first-order valence-electron chi connectivity index (χ1n) is 8.53. The topological polar surface area (TPSA) is 41.1 Å². The second-order valence-corrected chi connectivity index (χ2v) is 6.70. The Morgan fingerprint density at radius 3 is 2.41 bits per heavy atom. The van der Waals surface area contributed by atoms with Gasteiger partial charge in [-0.25, -0.2) is 9.18 Å². The van der Waals surface area contributed by atoms with Crippen LogP contribution in [-0.2, 0) is 5.54 Å². The van der Waals surface area contributed by atoms with E-state index in [2.05, 4.69) is 10.6 Å². The van der Waals surface area contributed by atoms with Gasteiger partial charge >= 0.3 is 6.03 Å². The van der Waals surface area contributed by atoms with Gasteiger partial charge in [0.15, 0.2) is 0 Å². The highest BCUT2D eigenvalue weighted by molar-refractivity contribution is 5.75. The lowest BCUT2D eigenvalue weighted by molar-refractivity contribution is 0.215. The fourth-order valence-electron chi connectivity index (χ4n) is 3.98. The number of nitrogens with one attached hydrogen (secondary N) is 2. The molecule has 0 radical (unpaired) electrons. The molecule has 0 saturated heterocycles.